The van der Waals surface area contributed by atoms with Crippen LogP contribution >= 0.6 is 11.3 Å². The number of carbonyl (C=O) groups excluding carboxylic acids is 1. The minimum Gasteiger partial charge on any atom is -0.354 e. The van der Waals surface area contributed by atoms with Gasteiger partial charge in [-0.05, 0) is 31.4 Å². The number of benzene rings is 2. The Hall–Kier alpha value is -3.25. The van der Waals surface area contributed by atoms with Gasteiger partial charge in [0.25, 0.3) is 5.56 Å². The molecule has 0 aliphatic rings. The predicted octanol–water partition coefficient (Wildman–Crippen LogP) is 4.10. The Morgan fingerprint density at radius 2 is 1.80 bits per heavy atom. The Bertz CT molecular complexity index is 1240. The number of fused-ring (bicyclic) bond motifs is 1. The minimum atomic E-state index is -0.196. The van der Waals surface area contributed by atoms with Crippen LogP contribution in [0.3, 0.4) is 0 Å². The summed E-state index contributed by atoms with van der Waals surface area (Å²) in [4.78, 5) is 31.8. The molecule has 2 aromatic heterocycles. The lowest BCUT2D eigenvalue weighted by Gasteiger charge is -2.08. The molecule has 4 rings (SSSR count). The van der Waals surface area contributed by atoms with E-state index in [-0.39, 0.29) is 18.0 Å². The van der Waals surface area contributed by atoms with Crippen molar-refractivity contribution in [3.05, 3.63) is 87.3 Å². The standard InChI is InChI=1S/C24H23N3O2S/c1-16-8-10-19(11-9-16)21-17(2)30-23-22(21)24(29)27(15-26-23)14-20(28)25-13-12-18-6-4-3-5-7-18/h3-11,15H,12-14H2,1-2H3,(H,25,28). The van der Waals surface area contributed by atoms with Crippen molar-refractivity contribution in [3.63, 3.8) is 0 Å². The van der Waals surface area contributed by atoms with E-state index in [1.807, 2.05) is 68.4 Å². The third-order valence-electron chi connectivity index (χ3n) is 5.09. The fourth-order valence-electron chi connectivity index (χ4n) is 3.52. The van der Waals surface area contributed by atoms with E-state index in [9.17, 15) is 9.59 Å². The van der Waals surface area contributed by atoms with Crippen molar-refractivity contribution in [3.8, 4) is 11.1 Å². The van der Waals surface area contributed by atoms with Crippen LogP contribution in [-0.4, -0.2) is 22.0 Å². The second-order valence-corrected chi connectivity index (χ2v) is 8.55. The van der Waals surface area contributed by atoms with Gasteiger partial charge in [-0.15, -0.1) is 11.3 Å². The first-order chi connectivity index (χ1) is 14.5. The lowest BCUT2D eigenvalue weighted by atomic mass is 10.0. The number of rotatable bonds is 6. The molecule has 4 aromatic rings. The highest BCUT2D eigenvalue weighted by Crippen LogP contribution is 2.35. The number of thiophene rings is 1. The van der Waals surface area contributed by atoms with Crippen LogP contribution in [0, 0.1) is 13.8 Å². The Morgan fingerprint density at radius 3 is 2.53 bits per heavy atom. The molecule has 0 spiro atoms. The molecule has 0 unspecified atom stereocenters. The van der Waals surface area contributed by atoms with Crippen molar-refractivity contribution in [2.45, 2.75) is 26.8 Å². The fourth-order valence-corrected chi connectivity index (χ4v) is 4.52. The van der Waals surface area contributed by atoms with Crippen molar-refractivity contribution in [2.75, 3.05) is 6.54 Å². The van der Waals surface area contributed by atoms with Gasteiger partial charge < -0.3 is 5.32 Å². The number of amides is 1. The molecule has 6 heteroatoms. The lowest BCUT2D eigenvalue weighted by molar-refractivity contribution is -0.121. The fraction of sp³-hybridized carbons (Fsp3) is 0.208. The molecular weight excluding hydrogens is 394 g/mol. The number of carbonyl (C=O) groups is 1. The largest absolute Gasteiger partial charge is 0.354 e. The van der Waals surface area contributed by atoms with Gasteiger partial charge in [-0.3, -0.25) is 14.2 Å². The van der Waals surface area contributed by atoms with Gasteiger partial charge in [0, 0.05) is 17.0 Å². The van der Waals surface area contributed by atoms with Crippen LogP contribution in [0.25, 0.3) is 21.3 Å². The zero-order valence-corrected chi connectivity index (χ0v) is 17.8. The molecule has 152 valence electrons. The number of nitrogens with one attached hydrogen (secondary N) is 1. The van der Waals surface area contributed by atoms with Crippen molar-refractivity contribution >= 4 is 27.5 Å². The average molecular weight is 418 g/mol. The molecule has 30 heavy (non-hydrogen) atoms. The van der Waals surface area contributed by atoms with E-state index in [1.165, 1.54) is 27.8 Å². The van der Waals surface area contributed by atoms with E-state index in [0.717, 1.165) is 28.0 Å². The van der Waals surface area contributed by atoms with Crippen LogP contribution in [-0.2, 0) is 17.8 Å². The maximum Gasteiger partial charge on any atom is 0.263 e. The highest BCUT2D eigenvalue weighted by molar-refractivity contribution is 7.19. The smallest absolute Gasteiger partial charge is 0.263 e. The van der Waals surface area contributed by atoms with E-state index in [1.54, 1.807) is 0 Å². The van der Waals surface area contributed by atoms with Gasteiger partial charge in [0.2, 0.25) is 5.91 Å². The average Bonchev–Trinajstić information content (AvgIpc) is 3.08. The van der Waals surface area contributed by atoms with Gasteiger partial charge in [0.1, 0.15) is 11.4 Å². The molecule has 0 fully saturated rings. The summed E-state index contributed by atoms with van der Waals surface area (Å²) in [6.45, 7) is 4.52. The molecule has 0 aliphatic carbocycles. The zero-order chi connectivity index (χ0) is 21.1. The quantitative estimate of drug-likeness (QED) is 0.514. The molecule has 0 atom stereocenters. The van der Waals surface area contributed by atoms with Crippen LogP contribution in [0.5, 0.6) is 0 Å². The number of aromatic nitrogens is 2. The van der Waals surface area contributed by atoms with E-state index < -0.39 is 0 Å². The van der Waals surface area contributed by atoms with E-state index >= 15 is 0 Å². The number of hydrogen-bond acceptors (Lipinski definition) is 4. The first-order valence-electron chi connectivity index (χ1n) is 9.89. The summed E-state index contributed by atoms with van der Waals surface area (Å²) >= 11 is 1.51. The van der Waals surface area contributed by atoms with Gasteiger partial charge in [-0.1, -0.05) is 60.2 Å². The Labute approximate surface area is 179 Å². The van der Waals surface area contributed by atoms with Gasteiger partial charge in [0.15, 0.2) is 0 Å². The first kappa shape index (κ1) is 20.0. The van der Waals surface area contributed by atoms with Crippen LogP contribution in [0.1, 0.15) is 16.0 Å². The molecule has 0 saturated heterocycles. The van der Waals surface area contributed by atoms with Crippen molar-refractivity contribution < 1.29 is 4.79 Å². The predicted molar refractivity (Wildman–Crippen MR) is 122 cm³/mol. The Balaban J connectivity index is 1.55. The molecule has 2 heterocycles. The van der Waals surface area contributed by atoms with Crippen LogP contribution in [0.4, 0.5) is 0 Å². The van der Waals surface area contributed by atoms with Gasteiger partial charge in [0.05, 0.1) is 11.7 Å². The summed E-state index contributed by atoms with van der Waals surface area (Å²) in [6.07, 6.45) is 2.22. The van der Waals surface area contributed by atoms with Gasteiger partial charge in [-0.25, -0.2) is 4.98 Å². The van der Waals surface area contributed by atoms with Gasteiger partial charge in [-0.2, -0.15) is 0 Å². The second-order valence-electron chi connectivity index (χ2n) is 7.34. The van der Waals surface area contributed by atoms with Crippen LogP contribution in [0.15, 0.2) is 65.7 Å². The number of aryl methyl sites for hydroxylation is 2. The molecule has 0 aliphatic heterocycles. The van der Waals surface area contributed by atoms with E-state index in [0.29, 0.717) is 16.8 Å². The Kier molecular flexibility index (Phi) is 5.77. The lowest BCUT2D eigenvalue weighted by Crippen LogP contribution is -2.33. The third-order valence-corrected chi connectivity index (χ3v) is 6.10. The number of hydrogen-bond donors (Lipinski definition) is 1. The molecule has 0 radical (unpaired) electrons. The maximum absolute atomic E-state index is 13.2. The summed E-state index contributed by atoms with van der Waals surface area (Å²) in [5.74, 6) is -0.196. The van der Waals surface area contributed by atoms with Crippen molar-refractivity contribution in [2.24, 2.45) is 0 Å². The molecule has 1 N–H and O–H groups in total. The molecule has 0 saturated carbocycles. The topological polar surface area (TPSA) is 64.0 Å². The second kappa shape index (κ2) is 8.63. The summed E-state index contributed by atoms with van der Waals surface area (Å²) in [5.41, 5.74) is 4.05. The minimum absolute atomic E-state index is 0.0429. The Morgan fingerprint density at radius 1 is 1.07 bits per heavy atom. The SMILES string of the molecule is Cc1ccc(-c2c(C)sc3ncn(CC(=O)NCCc4ccccc4)c(=O)c23)cc1. The summed E-state index contributed by atoms with van der Waals surface area (Å²) in [6, 6.07) is 18.1. The maximum atomic E-state index is 13.2. The highest BCUT2D eigenvalue weighted by Gasteiger charge is 2.17. The van der Waals surface area contributed by atoms with Crippen LogP contribution < -0.4 is 10.9 Å². The first-order valence-corrected chi connectivity index (χ1v) is 10.7. The van der Waals surface area contributed by atoms with E-state index in [4.69, 9.17) is 0 Å². The molecule has 5 nitrogen and oxygen atoms in total. The highest BCUT2D eigenvalue weighted by atomic mass is 32.1. The third kappa shape index (κ3) is 4.19. The molecular formula is C24H23N3O2S. The van der Waals surface area contributed by atoms with Crippen LogP contribution in [0.2, 0.25) is 0 Å². The van der Waals surface area contributed by atoms with E-state index in [2.05, 4.69) is 10.3 Å². The zero-order valence-electron chi connectivity index (χ0n) is 17.0. The summed E-state index contributed by atoms with van der Waals surface area (Å²) in [7, 11) is 0. The monoisotopic (exact) mass is 417 g/mol. The molecule has 0 bridgehead atoms. The van der Waals surface area contributed by atoms with Gasteiger partial charge >= 0.3 is 0 Å². The number of nitrogens with zero attached hydrogens (tertiary/aromatic N) is 2. The normalized spacial score (nSPS) is 11.0. The van der Waals surface area contributed by atoms with Crippen molar-refractivity contribution in [1.82, 2.24) is 14.9 Å². The summed E-state index contributed by atoms with van der Waals surface area (Å²) < 4.78 is 1.39. The molecule has 1 amide bonds. The summed E-state index contributed by atoms with van der Waals surface area (Å²) in [5, 5.41) is 3.47. The van der Waals surface area contributed by atoms with Crippen molar-refractivity contribution in [1.29, 1.82) is 0 Å². The molecule has 2 aromatic carbocycles.